The van der Waals surface area contributed by atoms with Crippen LogP contribution in [0, 0.1) is 0 Å². The van der Waals surface area contributed by atoms with Crippen LogP contribution < -0.4 is 14.8 Å². The van der Waals surface area contributed by atoms with E-state index in [1.54, 1.807) is 30.3 Å². The number of carbonyl (C=O) groups is 1. The molecule has 0 aliphatic carbocycles. The standard InChI is InChI=1S/C18H11Cl2N3O3S/c19-12-6-10(8-14-15(12)26-9-25-14)7-13(20)17-22-23-18(27-17)16(24)21-11-4-2-1-3-5-11/h1-8H,9H2,(H,21,24)/b13-7+. The zero-order valence-corrected chi connectivity index (χ0v) is 15.9. The Morgan fingerprint density at radius 2 is 1.93 bits per heavy atom. The maximum Gasteiger partial charge on any atom is 0.286 e. The molecule has 0 fully saturated rings. The first-order valence-corrected chi connectivity index (χ1v) is 9.34. The third-order valence-electron chi connectivity index (χ3n) is 3.60. The van der Waals surface area contributed by atoms with Crippen molar-refractivity contribution in [2.45, 2.75) is 0 Å². The molecule has 1 aromatic heterocycles. The van der Waals surface area contributed by atoms with Gasteiger partial charge in [-0.15, -0.1) is 10.2 Å². The number of ether oxygens (including phenoxy) is 2. The molecule has 2 heterocycles. The van der Waals surface area contributed by atoms with E-state index < -0.39 is 0 Å². The van der Waals surface area contributed by atoms with E-state index in [1.807, 2.05) is 18.2 Å². The van der Waals surface area contributed by atoms with Gasteiger partial charge in [0.1, 0.15) is 0 Å². The monoisotopic (exact) mass is 419 g/mol. The lowest BCUT2D eigenvalue weighted by Gasteiger charge is -2.02. The predicted octanol–water partition coefficient (Wildman–Crippen LogP) is 4.91. The van der Waals surface area contributed by atoms with Crippen molar-refractivity contribution < 1.29 is 14.3 Å². The summed E-state index contributed by atoms with van der Waals surface area (Å²) in [6, 6.07) is 12.6. The first-order valence-electron chi connectivity index (χ1n) is 7.77. The maximum absolute atomic E-state index is 12.3. The van der Waals surface area contributed by atoms with E-state index in [0.29, 0.717) is 32.2 Å². The van der Waals surface area contributed by atoms with Crippen LogP contribution in [-0.4, -0.2) is 22.9 Å². The number of benzene rings is 2. The third kappa shape index (κ3) is 3.90. The summed E-state index contributed by atoms with van der Waals surface area (Å²) in [5.74, 6) is 0.722. The van der Waals surface area contributed by atoms with E-state index in [-0.39, 0.29) is 17.7 Å². The van der Waals surface area contributed by atoms with Gasteiger partial charge < -0.3 is 14.8 Å². The number of anilines is 1. The molecule has 0 atom stereocenters. The Morgan fingerprint density at radius 1 is 1.15 bits per heavy atom. The molecule has 1 aliphatic heterocycles. The number of hydrogen-bond acceptors (Lipinski definition) is 6. The van der Waals surface area contributed by atoms with Gasteiger partial charge >= 0.3 is 0 Å². The van der Waals surface area contributed by atoms with E-state index in [2.05, 4.69) is 15.5 Å². The molecule has 27 heavy (non-hydrogen) atoms. The number of amides is 1. The Balaban J connectivity index is 1.53. The van der Waals surface area contributed by atoms with Crippen molar-refractivity contribution in [1.82, 2.24) is 10.2 Å². The van der Waals surface area contributed by atoms with Gasteiger partial charge in [-0.25, -0.2) is 0 Å². The van der Waals surface area contributed by atoms with Crippen LogP contribution in [0.25, 0.3) is 11.1 Å². The van der Waals surface area contributed by atoms with Crippen molar-refractivity contribution >= 4 is 57.2 Å². The van der Waals surface area contributed by atoms with Crippen molar-refractivity contribution in [3.05, 3.63) is 63.1 Å². The summed E-state index contributed by atoms with van der Waals surface area (Å²) in [4.78, 5) is 12.3. The molecule has 1 N–H and O–H groups in total. The fourth-order valence-corrected chi connectivity index (χ4v) is 3.60. The van der Waals surface area contributed by atoms with Gasteiger partial charge in [0.15, 0.2) is 16.5 Å². The number of nitrogens with zero attached hydrogens (tertiary/aromatic N) is 2. The maximum atomic E-state index is 12.3. The van der Waals surface area contributed by atoms with E-state index in [1.165, 1.54) is 0 Å². The lowest BCUT2D eigenvalue weighted by molar-refractivity contribution is 0.102. The Labute approximate surface area is 168 Å². The molecular formula is C18H11Cl2N3O3S. The van der Waals surface area contributed by atoms with Crippen LogP contribution >= 0.6 is 34.5 Å². The minimum absolute atomic E-state index is 0.131. The fraction of sp³-hybridized carbons (Fsp3) is 0.0556. The van der Waals surface area contributed by atoms with Gasteiger partial charge in [-0.1, -0.05) is 52.7 Å². The number of halogens is 2. The van der Waals surface area contributed by atoms with Gasteiger partial charge in [-0.3, -0.25) is 4.79 Å². The second kappa shape index (κ2) is 7.56. The summed E-state index contributed by atoms with van der Waals surface area (Å²) in [6.45, 7) is 0.131. The van der Waals surface area contributed by atoms with Gasteiger partial charge in [-0.2, -0.15) is 0 Å². The Hall–Kier alpha value is -2.61. The molecule has 9 heteroatoms. The topological polar surface area (TPSA) is 73.3 Å². The largest absolute Gasteiger partial charge is 0.454 e. The number of para-hydroxylation sites is 1. The second-order valence-electron chi connectivity index (χ2n) is 5.46. The fourth-order valence-electron chi connectivity index (χ4n) is 2.40. The van der Waals surface area contributed by atoms with Gasteiger partial charge in [0.05, 0.1) is 10.1 Å². The average molecular weight is 420 g/mol. The highest BCUT2D eigenvalue weighted by Gasteiger charge is 2.19. The first kappa shape index (κ1) is 17.8. The van der Waals surface area contributed by atoms with Crippen LogP contribution in [0.15, 0.2) is 42.5 Å². The molecule has 3 aromatic rings. The molecule has 136 valence electrons. The van der Waals surface area contributed by atoms with Gasteiger partial charge in [-0.05, 0) is 35.9 Å². The van der Waals surface area contributed by atoms with Crippen LogP contribution in [0.1, 0.15) is 20.4 Å². The molecule has 0 bridgehead atoms. The number of nitrogens with one attached hydrogen (secondary N) is 1. The molecule has 0 unspecified atom stereocenters. The molecule has 1 amide bonds. The summed E-state index contributed by atoms with van der Waals surface area (Å²) >= 11 is 13.6. The molecule has 0 radical (unpaired) electrons. The smallest absolute Gasteiger partial charge is 0.286 e. The van der Waals surface area contributed by atoms with E-state index in [9.17, 15) is 4.79 Å². The molecule has 0 spiro atoms. The van der Waals surface area contributed by atoms with Crippen molar-refractivity contribution in [1.29, 1.82) is 0 Å². The Morgan fingerprint density at radius 3 is 2.74 bits per heavy atom. The van der Waals surface area contributed by atoms with Gasteiger partial charge in [0, 0.05) is 5.69 Å². The van der Waals surface area contributed by atoms with Crippen LogP contribution in [0.5, 0.6) is 11.5 Å². The van der Waals surface area contributed by atoms with E-state index in [4.69, 9.17) is 32.7 Å². The predicted molar refractivity (Wildman–Crippen MR) is 106 cm³/mol. The summed E-state index contributed by atoms with van der Waals surface area (Å²) in [5.41, 5.74) is 1.40. The van der Waals surface area contributed by atoms with Crippen molar-refractivity contribution in [2.24, 2.45) is 0 Å². The zero-order valence-electron chi connectivity index (χ0n) is 13.6. The number of rotatable bonds is 4. The van der Waals surface area contributed by atoms with Crippen LogP contribution in [0.2, 0.25) is 5.02 Å². The first-order chi connectivity index (χ1) is 13.1. The lowest BCUT2D eigenvalue weighted by Crippen LogP contribution is -2.11. The van der Waals surface area contributed by atoms with E-state index >= 15 is 0 Å². The minimum Gasteiger partial charge on any atom is -0.454 e. The number of fused-ring (bicyclic) bond motifs is 1. The second-order valence-corrected chi connectivity index (χ2v) is 7.25. The molecule has 4 rings (SSSR count). The Kier molecular flexibility index (Phi) is 4.98. The zero-order chi connectivity index (χ0) is 18.8. The lowest BCUT2D eigenvalue weighted by atomic mass is 10.2. The highest BCUT2D eigenvalue weighted by molar-refractivity contribution is 7.15. The number of carbonyl (C=O) groups excluding carboxylic acids is 1. The third-order valence-corrected chi connectivity index (χ3v) is 5.23. The van der Waals surface area contributed by atoms with E-state index in [0.717, 1.165) is 16.9 Å². The van der Waals surface area contributed by atoms with Crippen molar-refractivity contribution in [3.63, 3.8) is 0 Å². The van der Waals surface area contributed by atoms with Crippen molar-refractivity contribution in [2.75, 3.05) is 12.1 Å². The quantitative estimate of drug-likeness (QED) is 0.650. The van der Waals surface area contributed by atoms with Crippen LogP contribution in [0.3, 0.4) is 0 Å². The molecule has 0 saturated heterocycles. The SMILES string of the molecule is O=C(Nc1ccccc1)c1nnc(/C(Cl)=C\c2cc(Cl)c3c(c2)OCO3)s1. The molecule has 1 aliphatic rings. The summed E-state index contributed by atoms with van der Waals surface area (Å²) in [7, 11) is 0. The normalized spacial score (nSPS) is 12.9. The minimum atomic E-state index is -0.347. The van der Waals surface area contributed by atoms with Crippen LogP contribution in [0.4, 0.5) is 5.69 Å². The van der Waals surface area contributed by atoms with Crippen molar-refractivity contribution in [3.8, 4) is 11.5 Å². The van der Waals surface area contributed by atoms with Gasteiger partial charge in [0.2, 0.25) is 11.8 Å². The summed E-state index contributed by atoms with van der Waals surface area (Å²) in [5, 5.41) is 12.1. The molecule has 6 nitrogen and oxygen atoms in total. The summed E-state index contributed by atoms with van der Waals surface area (Å²) < 4.78 is 10.6. The molecule has 0 saturated carbocycles. The number of hydrogen-bond donors (Lipinski definition) is 1. The van der Waals surface area contributed by atoms with Gasteiger partial charge in [0.25, 0.3) is 5.91 Å². The number of aromatic nitrogens is 2. The highest BCUT2D eigenvalue weighted by Crippen LogP contribution is 2.40. The molecular weight excluding hydrogens is 409 g/mol. The molecule has 2 aromatic carbocycles. The Bertz CT molecular complexity index is 1040. The average Bonchev–Trinajstić information content (AvgIpc) is 3.32. The van der Waals surface area contributed by atoms with Crippen LogP contribution in [-0.2, 0) is 0 Å². The highest BCUT2D eigenvalue weighted by atomic mass is 35.5. The summed E-state index contributed by atoms with van der Waals surface area (Å²) in [6.07, 6.45) is 1.68.